The van der Waals surface area contributed by atoms with Gasteiger partial charge in [0, 0.05) is 12.7 Å². The number of carboxylic acid groups (broad SMARTS) is 1. The first-order valence-electron chi connectivity index (χ1n) is 4.02. The number of hydrogen-bond donors (Lipinski definition) is 4. The summed E-state index contributed by atoms with van der Waals surface area (Å²) >= 11 is 0. The van der Waals surface area contributed by atoms with Gasteiger partial charge in [-0.1, -0.05) is 0 Å². The summed E-state index contributed by atoms with van der Waals surface area (Å²) in [6.07, 6.45) is 2.77. The molecule has 0 bridgehead atoms. The molecule has 0 radical (unpaired) electrons. The molecule has 0 aliphatic carbocycles. The summed E-state index contributed by atoms with van der Waals surface area (Å²) in [6.45, 7) is 0.159. The van der Waals surface area contributed by atoms with Crippen molar-refractivity contribution in [3.63, 3.8) is 0 Å². The Morgan fingerprint density at radius 3 is 2.79 bits per heavy atom. The van der Waals surface area contributed by atoms with Gasteiger partial charge in [0.2, 0.25) is 0 Å². The normalized spacial score (nSPS) is 18.5. The zero-order valence-corrected chi connectivity index (χ0v) is 7.42. The van der Waals surface area contributed by atoms with E-state index in [9.17, 15) is 4.79 Å². The van der Waals surface area contributed by atoms with Crippen molar-refractivity contribution in [3.05, 3.63) is 23.8 Å². The summed E-state index contributed by atoms with van der Waals surface area (Å²) < 4.78 is 0. The van der Waals surface area contributed by atoms with E-state index in [2.05, 4.69) is 0 Å². The van der Waals surface area contributed by atoms with Crippen LogP contribution in [0.15, 0.2) is 23.8 Å². The molecule has 0 saturated carbocycles. The van der Waals surface area contributed by atoms with Crippen molar-refractivity contribution in [2.24, 2.45) is 5.73 Å². The molecule has 0 aromatic carbocycles. The van der Waals surface area contributed by atoms with Crippen LogP contribution >= 0.6 is 0 Å². The fourth-order valence-corrected chi connectivity index (χ4v) is 1.05. The molecule has 6 heteroatoms. The Hall–Kier alpha value is -1.69. The van der Waals surface area contributed by atoms with Crippen LogP contribution in [0.2, 0.25) is 0 Å². The molecule has 5 N–H and O–H groups in total. The number of carbonyl (C=O) groups is 1. The molecule has 1 unspecified atom stereocenters. The lowest BCUT2D eigenvalue weighted by Gasteiger charge is -2.24. The van der Waals surface area contributed by atoms with Crippen molar-refractivity contribution in [2.45, 2.75) is 6.04 Å². The predicted molar refractivity (Wildman–Crippen MR) is 48.6 cm³/mol. The number of carboxylic acids is 1. The Labute approximate surface area is 80.6 Å². The van der Waals surface area contributed by atoms with E-state index in [-0.39, 0.29) is 24.6 Å². The molecule has 1 heterocycles. The first-order chi connectivity index (χ1) is 6.50. The van der Waals surface area contributed by atoms with Crippen LogP contribution < -0.4 is 5.73 Å². The standard InChI is InChI=1S/C8H12N2O4/c9-5(8(13)14)3-10-2-1-6(11)7(12)4-10/h1-2,5,11-12H,3-4,9H2,(H,13,14). The van der Waals surface area contributed by atoms with Gasteiger partial charge in [-0.05, 0) is 6.08 Å². The number of aliphatic hydroxyl groups is 2. The fraction of sp³-hybridized carbons (Fsp3) is 0.375. The molecule has 1 rings (SSSR count). The molecule has 1 aliphatic heterocycles. The molecule has 1 aliphatic rings. The third-order valence-electron chi connectivity index (χ3n) is 1.84. The van der Waals surface area contributed by atoms with Crippen LogP contribution in [0.1, 0.15) is 0 Å². The van der Waals surface area contributed by atoms with Gasteiger partial charge in [-0.15, -0.1) is 0 Å². The Balaban J connectivity index is 2.52. The second-order valence-electron chi connectivity index (χ2n) is 3.02. The van der Waals surface area contributed by atoms with Gasteiger partial charge in [0.25, 0.3) is 0 Å². The third-order valence-corrected chi connectivity index (χ3v) is 1.84. The highest BCUT2D eigenvalue weighted by molar-refractivity contribution is 5.73. The van der Waals surface area contributed by atoms with Crippen LogP contribution in [0.3, 0.4) is 0 Å². The van der Waals surface area contributed by atoms with Crippen LogP contribution in [0.25, 0.3) is 0 Å². The first-order valence-corrected chi connectivity index (χ1v) is 4.02. The SMILES string of the molecule is NC(CN1C=CC(O)=C(O)C1)C(=O)O. The van der Waals surface area contributed by atoms with E-state index in [1.165, 1.54) is 17.2 Å². The number of nitrogens with two attached hydrogens (primary N) is 1. The highest BCUT2D eigenvalue weighted by Gasteiger charge is 2.18. The van der Waals surface area contributed by atoms with Gasteiger partial charge in [0.1, 0.15) is 6.04 Å². The minimum Gasteiger partial charge on any atom is -0.507 e. The Kier molecular flexibility index (Phi) is 2.98. The van der Waals surface area contributed by atoms with Crippen LogP contribution in [-0.2, 0) is 4.79 Å². The highest BCUT2D eigenvalue weighted by Crippen LogP contribution is 2.10. The van der Waals surface area contributed by atoms with Crippen LogP contribution in [-0.4, -0.2) is 45.3 Å². The molecule has 0 amide bonds. The number of aliphatic hydroxyl groups excluding tert-OH is 2. The quantitative estimate of drug-likeness (QED) is 0.491. The molecule has 0 saturated heterocycles. The maximum Gasteiger partial charge on any atom is 0.322 e. The summed E-state index contributed by atoms with van der Waals surface area (Å²) in [5, 5.41) is 26.7. The van der Waals surface area contributed by atoms with Crippen molar-refractivity contribution in [2.75, 3.05) is 13.1 Å². The Morgan fingerprint density at radius 1 is 1.64 bits per heavy atom. The topological polar surface area (TPSA) is 107 Å². The van der Waals surface area contributed by atoms with Crippen molar-refractivity contribution >= 4 is 5.97 Å². The van der Waals surface area contributed by atoms with Crippen molar-refractivity contribution in [1.29, 1.82) is 0 Å². The van der Waals surface area contributed by atoms with Crippen LogP contribution in [0, 0.1) is 0 Å². The lowest BCUT2D eigenvalue weighted by atomic mass is 10.2. The molecule has 14 heavy (non-hydrogen) atoms. The summed E-state index contributed by atoms with van der Waals surface area (Å²) in [5.41, 5.74) is 5.29. The molecule has 6 nitrogen and oxygen atoms in total. The van der Waals surface area contributed by atoms with Crippen molar-refractivity contribution < 1.29 is 20.1 Å². The van der Waals surface area contributed by atoms with E-state index < -0.39 is 12.0 Å². The smallest absolute Gasteiger partial charge is 0.322 e. The predicted octanol–water partition coefficient (Wildman–Crippen LogP) is -0.445. The van der Waals surface area contributed by atoms with Crippen LogP contribution in [0.5, 0.6) is 0 Å². The van der Waals surface area contributed by atoms with Gasteiger partial charge in [-0.25, -0.2) is 0 Å². The fourth-order valence-electron chi connectivity index (χ4n) is 1.05. The zero-order valence-electron chi connectivity index (χ0n) is 7.42. The number of hydrogen-bond acceptors (Lipinski definition) is 5. The number of rotatable bonds is 3. The van der Waals surface area contributed by atoms with Crippen LogP contribution in [0.4, 0.5) is 0 Å². The zero-order chi connectivity index (χ0) is 10.7. The maximum absolute atomic E-state index is 10.4. The molecule has 0 aromatic rings. The average Bonchev–Trinajstić information content (AvgIpc) is 2.11. The van der Waals surface area contributed by atoms with E-state index in [0.29, 0.717) is 0 Å². The molecule has 0 spiro atoms. The van der Waals surface area contributed by atoms with E-state index in [1.807, 2.05) is 0 Å². The van der Waals surface area contributed by atoms with Crippen molar-refractivity contribution in [3.8, 4) is 0 Å². The van der Waals surface area contributed by atoms with E-state index >= 15 is 0 Å². The number of nitrogens with zero attached hydrogens (tertiary/aromatic N) is 1. The Morgan fingerprint density at radius 2 is 2.29 bits per heavy atom. The largest absolute Gasteiger partial charge is 0.507 e. The summed E-state index contributed by atoms with van der Waals surface area (Å²) in [7, 11) is 0. The van der Waals surface area contributed by atoms with E-state index in [0.717, 1.165) is 0 Å². The molecular formula is C8H12N2O4. The second-order valence-corrected chi connectivity index (χ2v) is 3.02. The first kappa shape index (κ1) is 10.4. The average molecular weight is 200 g/mol. The van der Waals surface area contributed by atoms with Gasteiger partial charge in [0.15, 0.2) is 11.5 Å². The van der Waals surface area contributed by atoms with Gasteiger partial charge in [-0.2, -0.15) is 0 Å². The molecular weight excluding hydrogens is 188 g/mol. The number of allylic oxidation sites excluding steroid dienone is 1. The number of aliphatic carboxylic acids is 1. The summed E-state index contributed by atoms with van der Waals surface area (Å²) in [5.74, 6) is -1.49. The van der Waals surface area contributed by atoms with Gasteiger partial charge in [-0.3, -0.25) is 4.79 Å². The third kappa shape index (κ3) is 2.40. The van der Waals surface area contributed by atoms with Gasteiger partial charge in [0.05, 0.1) is 6.54 Å². The lowest BCUT2D eigenvalue weighted by molar-refractivity contribution is -0.138. The second kappa shape index (κ2) is 4.01. The van der Waals surface area contributed by atoms with Gasteiger partial charge >= 0.3 is 5.97 Å². The molecule has 1 atom stereocenters. The monoisotopic (exact) mass is 200 g/mol. The van der Waals surface area contributed by atoms with E-state index in [1.54, 1.807) is 0 Å². The summed E-state index contributed by atoms with van der Waals surface area (Å²) in [6, 6.07) is -1.01. The summed E-state index contributed by atoms with van der Waals surface area (Å²) in [4.78, 5) is 11.9. The molecule has 78 valence electrons. The lowest BCUT2D eigenvalue weighted by Crippen LogP contribution is -2.42. The minimum atomic E-state index is -1.10. The molecule has 0 aromatic heterocycles. The minimum absolute atomic E-state index is 0.0727. The maximum atomic E-state index is 10.4. The van der Waals surface area contributed by atoms with Gasteiger partial charge < -0.3 is 26.0 Å². The van der Waals surface area contributed by atoms with E-state index in [4.69, 9.17) is 21.1 Å². The van der Waals surface area contributed by atoms with Crippen molar-refractivity contribution in [1.82, 2.24) is 4.90 Å². The Bertz CT molecular complexity index is 298. The molecule has 0 fully saturated rings. The highest BCUT2D eigenvalue weighted by atomic mass is 16.4.